The lowest BCUT2D eigenvalue weighted by Gasteiger charge is -2.31. The van der Waals surface area contributed by atoms with Crippen LogP contribution in [0.3, 0.4) is 0 Å². The number of likely N-dealkylation sites (tertiary alicyclic amines) is 1. The number of rotatable bonds is 2. The second-order valence-electron chi connectivity index (χ2n) is 2.86. The minimum Gasteiger partial charge on any atom is -0.396 e. The molecule has 1 heterocycles. The van der Waals surface area contributed by atoms with Gasteiger partial charge >= 0.3 is 0 Å². The Hall–Kier alpha value is -0.0800. The molecule has 0 aromatic rings. The van der Waals surface area contributed by atoms with Crippen LogP contribution in [0.2, 0.25) is 0 Å². The summed E-state index contributed by atoms with van der Waals surface area (Å²) in [6, 6.07) is 0.0475. The van der Waals surface area contributed by atoms with Gasteiger partial charge in [0.15, 0.2) is 0 Å². The Labute approximate surface area is 67.1 Å². The fourth-order valence-electron chi connectivity index (χ4n) is 1.45. The third-order valence-corrected chi connectivity index (χ3v) is 2.09. The molecule has 60 valence electrons. The second kappa shape index (κ2) is 3.94. The molecule has 0 saturated carbocycles. The fraction of sp³-hybridized carbons (Fsp3) is 1.00. The molecular weight excluding hydrogens is 126 g/mol. The summed E-state index contributed by atoms with van der Waals surface area (Å²) >= 11 is 0. The van der Waals surface area contributed by atoms with E-state index in [1.165, 1.54) is 0 Å². The van der Waals surface area contributed by atoms with Crippen molar-refractivity contribution >= 4 is 0 Å². The van der Waals surface area contributed by atoms with Crippen molar-refractivity contribution in [3.8, 4) is 0 Å². The van der Waals surface area contributed by atoms with Gasteiger partial charge in [0.1, 0.15) is 0 Å². The third kappa shape index (κ3) is 1.96. The van der Waals surface area contributed by atoms with E-state index in [0.717, 1.165) is 19.3 Å². The van der Waals surface area contributed by atoms with Crippen LogP contribution in [0.4, 0.5) is 0 Å². The van der Waals surface area contributed by atoms with Crippen LogP contribution in [0, 0.1) is 0 Å². The molecule has 1 atom stereocenters. The molecule has 0 bridgehead atoms. The first-order chi connectivity index (χ1) is 6.05. The minimum absolute atomic E-state index is 0.0475. The maximum absolute atomic E-state index is 8.79. The van der Waals surface area contributed by atoms with Crippen LogP contribution in [-0.4, -0.2) is 36.2 Å². The predicted octanol–water partition coefficient (Wildman–Crippen LogP) is 0.853. The molecule has 0 radical (unpaired) electrons. The Morgan fingerprint density at radius 2 is 2.60 bits per heavy atom. The fourth-order valence-corrected chi connectivity index (χ4v) is 1.45. The number of hydrogen-bond donors (Lipinski definition) is 1. The lowest BCUT2D eigenvalue weighted by atomic mass is 10.0. The molecule has 0 aromatic carbocycles. The molecule has 2 heteroatoms. The highest BCUT2D eigenvalue weighted by Crippen LogP contribution is 2.16. The Balaban J connectivity index is 2.56. The van der Waals surface area contributed by atoms with Crippen molar-refractivity contribution in [3.05, 3.63) is 0 Å². The zero-order valence-electron chi connectivity index (χ0n) is 9.21. The summed E-state index contributed by atoms with van der Waals surface area (Å²) < 4.78 is 21.9. The van der Waals surface area contributed by atoms with Crippen molar-refractivity contribution in [2.45, 2.75) is 31.7 Å². The van der Waals surface area contributed by atoms with Gasteiger partial charge in [-0.3, -0.25) is 0 Å². The molecule has 0 spiro atoms. The summed E-state index contributed by atoms with van der Waals surface area (Å²) in [5.41, 5.74) is 0. The average molecular weight is 146 g/mol. The van der Waals surface area contributed by atoms with E-state index in [2.05, 4.69) is 0 Å². The summed E-state index contributed by atoms with van der Waals surface area (Å²) in [7, 11) is 0. The Kier molecular flexibility index (Phi) is 1.86. The summed E-state index contributed by atoms with van der Waals surface area (Å²) in [5.74, 6) is 0. The van der Waals surface area contributed by atoms with Gasteiger partial charge in [0.2, 0.25) is 0 Å². The zero-order chi connectivity index (χ0) is 9.90. The highest BCUT2D eigenvalue weighted by Gasteiger charge is 2.17. The van der Waals surface area contributed by atoms with Gasteiger partial charge in [-0.2, -0.15) is 0 Å². The second-order valence-corrected chi connectivity index (χ2v) is 2.86. The van der Waals surface area contributed by atoms with Crippen LogP contribution in [0.25, 0.3) is 0 Å². The van der Waals surface area contributed by atoms with E-state index in [9.17, 15) is 0 Å². The molecule has 1 aliphatic heterocycles. The molecule has 0 amide bonds. The quantitative estimate of drug-likeness (QED) is 0.624. The Morgan fingerprint density at radius 1 is 1.70 bits per heavy atom. The molecule has 10 heavy (non-hydrogen) atoms. The normalized spacial score (nSPS) is 34.5. The van der Waals surface area contributed by atoms with Crippen LogP contribution in [0.15, 0.2) is 0 Å². The van der Waals surface area contributed by atoms with E-state index in [1.807, 2.05) is 0 Å². The van der Waals surface area contributed by atoms with Gasteiger partial charge in [0, 0.05) is 16.8 Å². The van der Waals surface area contributed by atoms with Crippen molar-refractivity contribution in [2.24, 2.45) is 0 Å². The molecule has 2 nitrogen and oxygen atoms in total. The Bertz CT molecular complexity index is 158. The van der Waals surface area contributed by atoms with E-state index in [-0.39, 0.29) is 12.6 Å². The predicted molar refractivity (Wildman–Crippen MR) is 42.0 cm³/mol. The van der Waals surface area contributed by atoms with E-state index < -0.39 is 6.98 Å². The largest absolute Gasteiger partial charge is 0.396 e. The molecule has 1 unspecified atom stereocenters. The molecule has 1 fully saturated rings. The SMILES string of the molecule is [2H]C([2H])([2H])N1CCCCC1CCO. The van der Waals surface area contributed by atoms with E-state index >= 15 is 0 Å². The summed E-state index contributed by atoms with van der Waals surface area (Å²) in [4.78, 5) is 1.55. The van der Waals surface area contributed by atoms with Crippen LogP contribution >= 0.6 is 0 Å². The molecule has 0 aliphatic carbocycles. The van der Waals surface area contributed by atoms with Gasteiger partial charge in [0.05, 0.1) is 0 Å². The summed E-state index contributed by atoms with van der Waals surface area (Å²) in [6.45, 7) is -1.27. The summed E-state index contributed by atoms with van der Waals surface area (Å²) in [5, 5.41) is 8.79. The topological polar surface area (TPSA) is 23.5 Å². The number of nitrogens with zero attached hydrogens (tertiary/aromatic N) is 1. The lowest BCUT2D eigenvalue weighted by Crippen LogP contribution is -2.36. The first-order valence-electron chi connectivity index (χ1n) is 5.43. The highest BCUT2D eigenvalue weighted by atomic mass is 16.3. The van der Waals surface area contributed by atoms with Crippen molar-refractivity contribution in [2.75, 3.05) is 20.1 Å². The highest BCUT2D eigenvalue weighted by molar-refractivity contribution is 4.73. The molecule has 0 aromatic heterocycles. The maximum Gasteiger partial charge on any atom is 0.0445 e. The van der Waals surface area contributed by atoms with Crippen molar-refractivity contribution in [3.63, 3.8) is 0 Å². The van der Waals surface area contributed by atoms with Gasteiger partial charge in [-0.05, 0) is 32.8 Å². The summed E-state index contributed by atoms with van der Waals surface area (Å²) in [6.07, 6.45) is 3.52. The monoisotopic (exact) mass is 146 g/mol. The van der Waals surface area contributed by atoms with Crippen LogP contribution in [-0.2, 0) is 0 Å². The first-order valence-corrected chi connectivity index (χ1v) is 3.93. The van der Waals surface area contributed by atoms with Crippen LogP contribution in [0.1, 0.15) is 29.8 Å². The zero-order valence-corrected chi connectivity index (χ0v) is 6.21. The number of aliphatic hydroxyl groups excluding tert-OH is 1. The number of hydrogen-bond acceptors (Lipinski definition) is 2. The third-order valence-electron chi connectivity index (χ3n) is 2.09. The van der Waals surface area contributed by atoms with Crippen molar-refractivity contribution in [1.82, 2.24) is 4.90 Å². The lowest BCUT2D eigenvalue weighted by molar-refractivity contribution is 0.147. The first kappa shape index (κ1) is 4.73. The van der Waals surface area contributed by atoms with E-state index in [4.69, 9.17) is 9.22 Å². The molecular formula is C8H17NO. The number of aliphatic hydroxyl groups is 1. The smallest absolute Gasteiger partial charge is 0.0445 e. The maximum atomic E-state index is 8.79. The standard InChI is InChI=1S/C8H17NO/c1-9-6-3-2-4-8(9)5-7-10/h8,10H,2-7H2,1H3/i1D3. The average Bonchev–Trinajstić information content (AvgIpc) is 2.04. The minimum atomic E-state index is -1.99. The molecule has 1 aliphatic rings. The molecule has 1 rings (SSSR count). The van der Waals surface area contributed by atoms with Crippen LogP contribution < -0.4 is 0 Å². The van der Waals surface area contributed by atoms with Gasteiger partial charge < -0.3 is 10.0 Å². The van der Waals surface area contributed by atoms with Gasteiger partial charge in [0.25, 0.3) is 0 Å². The van der Waals surface area contributed by atoms with Gasteiger partial charge in [-0.25, -0.2) is 0 Å². The van der Waals surface area contributed by atoms with Crippen molar-refractivity contribution < 1.29 is 9.22 Å². The van der Waals surface area contributed by atoms with E-state index in [1.54, 1.807) is 4.90 Å². The molecule has 1 saturated heterocycles. The molecule has 1 N–H and O–H groups in total. The van der Waals surface area contributed by atoms with Crippen molar-refractivity contribution in [1.29, 1.82) is 0 Å². The van der Waals surface area contributed by atoms with Gasteiger partial charge in [-0.15, -0.1) is 0 Å². The van der Waals surface area contributed by atoms with E-state index in [0.29, 0.717) is 13.0 Å². The van der Waals surface area contributed by atoms with Crippen LogP contribution in [0.5, 0.6) is 0 Å². The Morgan fingerprint density at radius 3 is 3.30 bits per heavy atom. The van der Waals surface area contributed by atoms with Gasteiger partial charge in [-0.1, -0.05) is 6.42 Å². The number of piperidine rings is 1.